The average molecular weight is 616 g/mol. The molecule has 0 spiro atoms. The molecule has 0 saturated heterocycles. The molecule has 1 aromatic rings. The van der Waals surface area contributed by atoms with E-state index in [9.17, 15) is 9.59 Å². The van der Waals surface area contributed by atoms with Crippen LogP contribution in [0.5, 0.6) is 5.75 Å². The van der Waals surface area contributed by atoms with Gasteiger partial charge in [0.15, 0.2) is 8.32 Å². The van der Waals surface area contributed by atoms with E-state index < -0.39 is 34.6 Å². The molecule has 1 amide bonds. The predicted molar refractivity (Wildman–Crippen MR) is 175 cm³/mol. The molecule has 0 aromatic heterocycles. The fourth-order valence-electron chi connectivity index (χ4n) is 4.51. The van der Waals surface area contributed by atoms with Crippen molar-refractivity contribution < 1.29 is 23.2 Å². The smallest absolute Gasteiger partial charge is 0.342 e. The predicted octanol–water partition coefficient (Wildman–Crippen LogP) is 9.52. The van der Waals surface area contributed by atoms with Gasteiger partial charge < -0.3 is 13.6 Å². The minimum absolute atomic E-state index is 0.0269. The highest BCUT2D eigenvalue weighted by Gasteiger charge is 2.42. The lowest BCUT2D eigenvalue weighted by atomic mass is 9.91. The van der Waals surface area contributed by atoms with Gasteiger partial charge >= 0.3 is 5.97 Å². The molecule has 42 heavy (non-hydrogen) atoms. The second-order valence-corrected chi connectivity index (χ2v) is 24.2. The van der Waals surface area contributed by atoms with E-state index in [0.717, 1.165) is 31.2 Å². The lowest BCUT2D eigenvalue weighted by molar-refractivity contribution is -0.113. The molecule has 0 N–H and O–H groups in total. The SMILES string of the molecule is C[C@H]1CCCCc2cccc(O[Si](C)(C)C(C)(C)C)c2C(=O)O[C@@H](C/C=C\C(=O)N=[N+]=[N-])C[C@H]1O[Si](C)(C)C(C)(C)C. The van der Waals surface area contributed by atoms with Crippen LogP contribution in [0, 0.1) is 5.92 Å². The van der Waals surface area contributed by atoms with Crippen LogP contribution in [-0.2, 0) is 20.4 Å². The van der Waals surface area contributed by atoms with Gasteiger partial charge in [0.1, 0.15) is 17.4 Å². The molecule has 0 radical (unpaired) electrons. The molecule has 8 nitrogen and oxygen atoms in total. The Morgan fingerprint density at radius 3 is 2.33 bits per heavy atom. The van der Waals surface area contributed by atoms with Crippen molar-refractivity contribution in [2.45, 2.75) is 135 Å². The molecule has 1 heterocycles. The molecule has 1 aliphatic heterocycles. The van der Waals surface area contributed by atoms with E-state index in [0.29, 0.717) is 24.2 Å². The van der Waals surface area contributed by atoms with Crippen molar-refractivity contribution in [1.29, 1.82) is 0 Å². The zero-order valence-electron chi connectivity index (χ0n) is 27.7. The Hall–Kier alpha value is -2.40. The number of ether oxygens (including phenoxy) is 1. The molecule has 0 bridgehead atoms. The Morgan fingerprint density at radius 1 is 1.10 bits per heavy atom. The number of azide groups is 1. The first-order valence-corrected chi connectivity index (χ1v) is 21.1. The van der Waals surface area contributed by atoms with Crippen molar-refractivity contribution in [3.05, 3.63) is 51.9 Å². The first-order valence-electron chi connectivity index (χ1n) is 15.2. The third kappa shape index (κ3) is 9.83. The van der Waals surface area contributed by atoms with Crippen molar-refractivity contribution in [3.8, 4) is 5.75 Å². The van der Waals surface area contributed by atoms with E-state index in [2.05, 4.69) is 84.7 Å². The zero-order valence-corrected chi connectivity index (χ0v) is 29.7. The fraction of sp³-hybridized carbons (Fsp3) is 0.688. The summed E-state index contributed by atoms with van der Waals surface area (Å²) in [6, 6.07) is 5.85. The largest absolute Gasteiger partial charge is 0.543 e. The van der Waals surface area contributed by atoms with Crippen molar-refractivity contribution in [1.82, 2.24) is 0 Å². The van der Waals surface area contributed by atoms with Crippen molar-refractivity contribution in [2.75, 3.05) is 0 Å². The van der Waals surface area contributed by atoms with Gasteiger partial charge in [-0.1, -0.05) is 73.1 Å². The molecule has 0 fully saturated rings. The van der Waals surface area contributed by atoms with Crippen LogP contribution in [0.25, 0.3) is 10.4 Å². The van der Waals surface area contributed by atoms with E-state index in [1.54, 1.807) is 6.08 Å². The summed E-state index contributed by atoms with van der Waals surface area (Å²) in [7, 11) is -4.36. The normalized spacial score (nSPS) is 21.4. The number of aryl methyl sites for hydroxylation is 1. The molecule has 2 rings (SSSR count). The van der Waals surface area contributed by atoms with Crippen molar-refractivity contribution in [3.63, 3.8) is 0 Å². The summed E-state index contributed by atoms with van der Waals surface area (Å²) >= 11 is 0. The van der Waals surface area contributed by atoms with Gasteiger partial charge in [0.05, 0.1) is 6.10 Å². The summed E-state index contributed by atoms with van der Waals surface area (Å²) in [6.45, 7) is 24.3. The third-order valence-electron chi connectivity index (χ3n) is 9.30. The van der Waals surface area contributed by atoms with Gasteiger partial charge in [-0.25, -0.2) is 4.79 Å². The van der Waals surface area contributed by atoms with Gasteiger partial charge in [-0.2, -0.15) is 0 Å². The Kier molecular flexibility index (Phi) is 12.3. The molecule has 234 valence electrons. The minimum Gasteiger partial charge on any atom is -0.543 e. The summed E-state index contributed by atoms with van der Waals surface area (Å²) < 4.78 is 19.9. The first-order chi connectivity index (χ1) is 19.3. The number of carbonyl (C=O) groups is 2. The van der Waals surface area contributed by atoms with Crippen LogP contribution in [0.1, 0.15) is 96.5 Å². The molecule has 0 saturated carbocycles. The Bertz CT molecular complexity index is 1180. The van der Waals surface area contributed by atoms with Crippen molar-refractivity contribution >= 4 is 28.5 Å². The maximum absolute atomic E-state index is 14.0. The summed E-state index contributed by atoms with van der Waals surface area (Å²) in [6.07, 6.45) is 6.72. The number of cyclic esters (lactones) is 1. The number of hydrogen-bond donors (Lipinski definition) is 0. The van der Waals surface area contributed by atoms with Crippen LogP contribution in [0.3, 0.4) is 0 Å². The lowest BCUT2D eigenvalue weighted by Gasteiger charge is -2.42. The van der Waals surface area contributed by atoms with E-state index in [1.165, 1.54) is 6.08 Å². The lowest BCUT2D eigenvalue weighted by Crippen LogP contribution is -2.46. The summed E-state index contributed by atoms with van der Waals surface area (Å²) in [5, 5.41) is 3.11. The van der Waals surface area contributed by atoms with Gasteiger partial charge in [-0.3, -0.25) is 4.79 Å². The summed E-state index contributed by atoms with van der Waals surface area (Å²) in [5.41, 5.74) is 10.0. The molecular formula is C32H53N3O5Si2. The number of amides is 1. The number of esters is 1. The molecule has 3 atom stereocenters. The number of carbonyl (C=O) groups excluding carboxylic acids is 2. The molecule has 0 unspecified atom stereocenters. The van der Waals surface area contributed by atoms with Gasteiger partial charge in [0.2, 0.25) is 5.91 Å². The fourth-order valence-corrected chi connectivity index (χ4v) is 6.97. The van der Waals surface area contributed by atoms with E-state index >= 15 is 0 Å². The number of nitrogens with zero attached hydrogens (tertiary/aromatic N) is 3. The maximum Gasteiger partial charge on any atom is 0.342 e. The Balaban J connectivity index is 2.55. The van der Waals surface area contributed by atoms with Gasteiger partial charge in [0.25, 0.3) is 8.32 Å². The zero-order chi connectivity index (χ0) is 31.9. The van der Waals surface area contributed by atoms with Crippen LogP contribution in [-0.4, -0.2) is 40.7 Å². The van der Waals surface area contributed by atoms with Crippen LogP contribution in [0.2, 0.25) is 36.3 Å². The van der Waals surface area contributed by atoms with Crippen LogP contribution in [0.15, 0.2) is 35.5 Å². The second kappa shape index (κ2) is 14.4. The number of fused-ring (bicyclic) bond motifs is 1. The van der Waals surface area contributed by atoms with E-state index in [1.807, 2.05) is 18.2 Å². The number of rotatable bonds is 7. The van der Waals surface area contributed by atoms with Gasteiger partial charge in [-0.05, 0) is 89.8 Å². The van der Waals surface area contributed by atoms with E-state index in [4.69, 9.17) is 19.1 Å². The quantitative estimate of drug-likeness (QED) is 0.0757. The number of hydrogen-bond acceptors (Lipinski definition) is 5. The van der Waals surface area contributed by atoms with Crippen LogP contribution >= 0.6 is 0 Å². The van der Waals surface area contributed by atoms with Gasteiger partial charge in [0, 0.05) is 17.8 Å². The highest BCUT2D eigenvalue weighted by Crippen LogP contribution is 2.41. The highest BCUT2D eigenvalue weighted by molar-refractivity contribution is 6.75. The van der Waals surface area contributed by atoms with Crippen LogP contribution < -0.4 is 4.43 Å². The van der Waals surface area contributed by atoms with Gasteiger partial charge in [-0.15, -0.1) is 0 Å². The summed E-state index contributed by atoms with van der Waals surface area (Å²) in [4.78, 5) is 28.5. The summed E-state index contributed by atoms with van der Waals surface area (Å²) in [5.74, 6) is -0.258. The molecule has 1 aliphatic rings. The van der Waals surface area contributed by atoms with E-state index in [-0.39, 0.29) is 22.1 Å². The molecule has 10 heteroatoms. The third-order valence-corrected chi connectivity index (χ3v) is 18.1. The molecule has 1 aromatic carbocycles. The monoisotopic (exact) mass is 615 g/mol. The van der Waals surface area contributed by atoms with Crippen LogP contribution in [0.4, 0.5) is 0 Å². The first kappa shape index (κ1) is 35.8. The highest BCUT2D eigenvalue weighted by atomic mass is 28.4. The Morgan fingerprint density at radius 2 is 1.74 bits per heavy atom. The maximum atomic E-state index is 14.0. The molecule has 0 aliphatic carbocycles. The minimum atomic E-state index is -2.24. The topological polar surface area (TPSA) is 111 Å². The second-order valence-electron chi connectivity index (χ2n) is 14.7. The average Bonchev–Trinajstić information content (AvgIpc) is 2.83. The Labute approximate surface area is 255 Å². The van der Waals surface area contributed by atoms with Crippen molar-refractivity contribution in [2.24, 2.45) is 11.0 Å². The number of benzene rings is 1. The molecular weight excluding hydrogens is 563 g/mol. The standard InChI is InChI=1S/C32H53N3O5Si2/c1-23-16-12-13-17-24-18-14-20-26(39-41(8,9)31(2,3)4)29(24)30(37)38-25(19-15-21-28(36)34-35-33)22-27(23)40-42(10,11)32(5,6)7/h14-15,18,20-21,23,25,27H,12-13,16-17,19,22H2,1-11H3/b21-15-/t23-,25-,27+/m0/s1.